The monoisotopic (exact) mass is 257 g/mol. The van der Waals surface area contributed by atoms with Crippen molar-refractivity contribution < 1.29 is 5.11 Å². The minimum Gasteiger partial charge on any atom is -0.389 e. The Morgan fingerprint density at radius 3 is 2.58 bits per heavy atom. The third-order valence-electron chi connectivity index (χ3n) is 3.07. The fourth-order valence-corrected chi connectivity index (χ4v) is 2.04. The van der Waals surface area contributed by atoms with Crippen LogP contribution in [0.15, 0.2) is 42.9 Å². The van der Waals surface area contributed by atoms with Gasteiger partial charge in [-0.25, -0.2) is 4.98 Å². The summed E-state index contributed by atoms with van der Waals surface area (Å²) < 4.78 is 0. The molecular weight excluding hydrogens is 238 g/mol. The van der Waals surface area contributed by atoms with Crippen LogP contribution in [-0.2, 0) is 6.54 Å². The fourth-order valence-electron chi connectivity index (χ4n) is 2.04. The predicted molar refractivity (Wildman–Crippen MR) is 75.8 cm³/mol. The molecule has 2 aromatic heterocycles. The smallest absolute Gasteiger partial charge is 0.134 e. The third kappa shape index (κ3) is 3.29. The number of rotatable bonds is 5. The van der Waals surface area contributed by atoms with Crippen LogP contribution < -0.4 is 4.90 Å². The lowest BCUT2D eigenvalue weighted by atomic mass is 10.1. The number of hydrogen-bond donors (Lipinski definition) is 1. The zero-order valence-electron chi connectivity index (χ0n) is 11.3. The SMILES string of the molecule is CCN(Cc1ccncc1)c1ncccc1[C@@H](C)O. The summed E-state index contributed by atoms with van der Waals surface area (Å²) >= 11 is 0. The molecule has 0 unspecified atom stereocenters. The second-order valence-electron chi connectivity index (χ2n) is 4.46. The van der Waals surface area contributed by atoms with Crippen molar-refractivity contribution in [2.24, 2.45) is 0 Å². The summed E-state index contributed by atoms with van der Waals surface area (Å²) in [5.41, 5.74) is 2.04. The van der Waals surface area contributed by atoms with E-state index in [9.17, 15) is 5.11 Å². The van der Waals surface area contributed by atoms with E-state index in [1.807, 2.05) is 24.3 Å². The van der Waals surface area contributed by atoms with Gasteiger partial charge in [-0.05, 0) is 37.6 Å². The van der Waals surface area contributed by atoms with Gasteiger partial charge in [0.1, 0.15) is 5.82 Å². The summed E-state index contributed by atoms with van der Waals surface area (Å²) in [6.07, 6.45) is 4.82. The zero-order chi connectivity index (χ0) is 13.7. The van der Waals surface area contributed by atoms with Gasteiger partial charge in [-0.1, -0.05) is 6.07 Å². The number of aromatic nitrogens is 2. The van der Waals surface area contributed by atoms with E-state index in [0.29, 0.717) is 0 Å². The van der Waals surface area contributed by atoms with Crippen LogP contribution in [0.5, 0.6) is 0 Å². The molecule has 0 saturated heterocycles. The van der Waals surface area contributed by atoms with Gasteiger partial charge in [-0.2, -0.15) is 0 Å². The van der Waals surface area contributed by atoms with Crippen molar-refractivity contribution in [3.05, 3.63) is 54.0 Å². The average Bonchev–Trinajstić information content (AvgIpc) is 2.46. The first-order chi connectivity index (χ1) is 9.22. The molecule has 0 spiro atoms. The molecule has 2 aromatic rings. The lowest BCUT2D eigenvalue weighted by molar-refractivity contribution is 0.199. The normalized spacial score (nSPS) is 12.2. The van der Waals surface area contributed by atoms with Crippen LogP contribution in [0.1, 0.15) is 31.1 Å². The molecule has 0 saturated carbocycles. The Morgan fingerprint density at radius 2 is 1.95 bits per heavy atom. The number of aliphatic hydroxyl groups is 1. The third-order valence-corrected chi connectivity index (χ3v) is 3.07. The van der Waals surface area contributed by atoms with E-state index in [2.05, 4.69) is 21.8 Å². The highest BCUT2D eigenvalue weighted by molar-refractivity contribution is 5.48. The first-order valence-corrected chi connectivity index (χ1v) is 6.49. The van der Waals surface area contributed by atoms with Crippen molar-refractivity contribution in [2.75, 3.05) is 11.4 Å². The lowest BCUT2D eigenvalue weighted by Gasteiger charge is -2.25. The molecule has 0 aromatic carbocycles. The maximum atomic E-state index is 9.84. The van der Waals surface area contributed by atoms with Gasteiger partial charge < -0.3 is 10.0 Å². The number of nitrogens with zero attached hydrogens (tertiary/aromatic N) is 3. The van der Waals surface area contributed by atoms with Crippen molar-refractivity contribution in [2.45, 2.75) is 26.5 Å². The first kappa shape index (κ1) is 13.5. The minimum atomic E-state index is -0.518. The minimum absolute atomic E-state index is 0.518. The largest absolute Gasteiger partial charge is 0.389 e. The van der Waals surface area contributed by atoms with E-state index in [0.717, 1.165) is 24.5 Å². The van der Waals surface area contributed by atoms with Gasteiger partial charge in [0.2, 0.25) is 0 Å². The Kier molecular flexibility index (Phi) is 4.47. The van der Waals surface area contributed by atoms with Gasteiger partial charge in [0.25, 0.3) is 0 Å². The molecule has 0 aliphatic carbocycles. The Balaban J connectivity index is 2.27. The van der Waals surface area contributed by atoms with E-state index in [4.69, 9.17) is 0 Å². The molecule has 0 amide bonds. The number of anilines is 1. The van der Waals surface area contributed by atoms with Gasteiger partial charge in [-0.3, -0.25) is 4.98 Å². The molecule has 0 fully saturated rings. The van der Waals surface area contributed by atoms with E-state index in [1.54, 1.807) is 25.5 Å². The number of pyridine rings is 2. The van der Waals surface area contributed by atoms with Gasteiger partial charge >= 0.3 is 0 Å². The number of aliphatic hydroxyl groups excluding tert-OH is 1. The maximum Gasteiger partial charge on any atom is 0.134 e. The second kappa shape index (κ2) is 6.29. The lowest BCUT2D eigenvalue weighted by Crippen LogP contribution is -2.24. The van der Waals surface area contributed by atoms with Crippen LogP contribution in [0.3, 0.4) is 0 Å². The van der Waals surface area contributed by atoms with Crippen molar-refractivity contribution in [1.29, 1.82) is 0 Å². The molecule has 2 rings (SSSR count). The highest BCUT2D eigenvalue weighted by Crippen LogP contribution is 2.24. The van der Waals surface area contributed by atoms with Gasteiger partial charge in [0.15, 0.2) is 0 Å². The predicted octanol–water partition coefficient (Wildman–Crippen LogP) is 2.56. The van der Waals surface area contributed by atoms with Crippen molar-refractivity contribution in [1.82, 2.24) is 9.97 Å². The van der Waals surface area contributed by atoms with Crippen molar-refractivity contribution >= 4 is 5.82 Å². The summed E-state index contributed by atoms with van der Waals surface area (Å²) in [5.74, 6) is 0.844. The molecule has 19 heavy (non-hydrogen) atoms. The fraction of sp³-hybridized carbons (Fsp3) is 0.333. The van der Waals surface area contributed by atoms with E-state index >= 15 is 0 Å². The summed E-state index contributed by atoms with van der Waals surface area (Å²) in [6, 6.07) is 7.76. The average molecular weight is 257 g/mol. The first-order valence-electron chi connectivity index (χ1n) is 6.49. The molecular formula is C15H19N3O. The summed E-state index contributed by atoms with van der Waals surface area (Å²) in [5, 5.41) is 9.84. The Labute approximate surface area is 113 Å². The molecule has 0 radical (unpaired) electrons. The van der Waals surface area contributed by atoms with Crippen LogP contribution in [0, 0.1) is 0 Å². The van der Waals surface area contributed by atoms with Crippen LogP contribution in [0.25, 0.3) is 0 Å². The van der Waals surface area contributed by atoms with Gasteiger partial charge in [0.05, 0.1) is 6.10 Å². The summed E-state index contributed by atoms with van der Waals surface area (Å²) in [6.45, 7) is 5.44. The van der Waals surface area contributed by atoms with Crippen molar-refractivity contribution in [3.8, 4) is 0 Å². The van der Waals surface area contributed by atoms with E-state index in [1.165, 1.54) is 5.56 Å². The molecule has 0 bridgehead atoms. The van der Waals surface area contributed by atoms with Gasteiger partial charge in [0, 0.05) is 37.2 Å². The van der Waals surface area contributed by atoms with Crippen LogP contribution in [-0.4, -0.2) is 21.6 Å². The molecule has 4 heteroatoms. The summed E-state index contributed by atoms with van der Waals surface area (Å²) in [4.78, 5) is 10.6. The molecule has 1 atom stereocenters. The maximum absolute atomic E-state index is 9.84. The molecule has 0 aliphatic heterocycles. The standard InChI is InChI=1S/C15H19N3O/c1-3-18(11-13-6-9-16-10-7-13)15-14(12(2)19)5-4-8-17-15/h4-10,12,19H,3,11H2,1-2H3/t12-/m1/s1. The van der Waals surface area contributed by atoms with Crippen LogP contribution >= 0.6 is 0 Å². The topological polar surface area (TPSA) is 49.2 Å². The van der Waals surface area contributed by atoms with E-state index in [-0.39, 0.29) is 0 Å². The molecule has 0 aliphatic rings. The van der Waals surface area contributed by atoms with Crippen LogP contribution in [0.4, 0.5) is 5.82 Å². The number of hydrogen-bond acceptors (Lipinski definition) is 4. The summed E-state index contributed by atoms with van der Waals surface area (Å²) in [7, 11) is 0. The Bertz CT molecular complexity index is 514. The second-order valence-corrected chi connectivity index (χ2v) is 4.46. The van der Waals surface area contributed by atoms with Crippen LogP contribution in [0.2, 0.25) is 0 Å². The molecule has 4 nitrogen and oxygen atoms in total. The van der Waals surface area contributed by atoms with Crippen molar-refractivity contribution in [3.63, 3.8) is 0 Å². The molecule has 1 N–H and O–H groups in total. The molecule has 100 valence electrons. The Hall–Kier alpha value is -1.94. The zero-order valence-corrected chi connectivity index (χ0v) is 11.3. The quantitative estimate of drug-likeness (QED) is 0.894. The van der Waals surface area contributed by atoms with E-state index < -0.39 is 6.10 Å². The Morgan fingerprint density at radius 1 is 1.21 bits per heavy atom. The highest BCUT2D eigenvalue weighted by atomic mass is 16.3. The molecule has 2 heterocycles. The highest BCUT2D eigenvalue weighted by Gasteiger charge is 2.14. The van der Waals surface area contributed by atoms with Gasteiger partial charge in [-0.15, -0.1) is 0 Å².